The Bertz CT molecular complexity index is 299. The van der Waals surface area contributed by atoms with Gasteiger partial charge in [-0.15, -0.1) is 0 Å². The van der Waals surface area contributed by atoms with Crippen LogP contribution in [0.5, 0.6) is 0 Å². The van der Waals surface area contributed by atoms with E-state index in [0.29, 0.717) is 5.56 Å². The van der Waals surface area contributed by atoms with Crippen LogP contribution in [0.1, 0.15) is 18.9 Å². The first-order chi connectivity index (χ1) is 6.11. The van der Waals surface area contributed by atoms with Crippen LogP contribution in [0.25, 0.3) is 0 Å². The number of hydrogen-bond acceptors (Lipinski definition) is 3. The van der Waals surface area contributed by atoms with E-state index in [0.717, 1.165) is 0 Å². The number of rotatable bonds is 3. The van der Waals surface area contributed by atoms with Crippen LogP contribution in [-0.2, 0) is 5.72 Å². The molecule has 70 valence electrons. The van der Waals surface area contributed by atoms with Crippen LogP contribution in [-0.4, -0.2) is 10.0 Å². The zero-order chi connectivity index (χ0) is 9.90. The molecule has 0 spiro atoms. The van der Waals surface area contributed by atoms with Gasteiger partial charge in [-0.2, -0.15) is 0 Å². The summed E-state index contributed by atoms with van der Waals surface area (Å²) in [6.07, 6.45) is 0.0595. The maximum absolute atomic E-state index is 10.6. The summed E-state index contributed by atoms with van der Waals surface area (Å²) in [5, 5.41) is 20.3. The summed E-state index contributed by atoms with van der Waals surface area (Å²) in [6.45, 7) is 1.58. The molecule has 0 aliphatic rings. The van der Waals surface area contributed by atoms with Gasteiger partial charge < -0.3 is 5.11 Å². The average molecular weight is 181 g/mol. The third-order valence-electron chi connectivity index (χ3n) is 2.03. The molecule has 0 heterocycles. The van der Waals surface area contributed by atoms with Crippen molar-refractivity contribution in [1.82, 2.24) is 0 Å². The fraction of sp³-hybridized carbons (Fsp3) is 0.333. The maximum Gasteiger partial charge on any atom is 0.348 e. The van der Waals surface area contributed by atoms with Crippen molar-refractivity contribution < 1.29 is 10.0 Å². The van der Waals surface area contributed by atoms with Crippen LogP contribution in [0.15, 0.2) is 30.3 Å². The lowest BCUT2D eigenvalue weighted by Crippen LogP contribution is -2.34. The minimum Gasteiger partial charge on any atom is -0.327 e. The Morgan fingerprint density at radius 3 is 2.38 bits per heavy atom. The molecule has 4 heteroatoms. The highest BCUT2D eigenvalue weighted by Gasteiger charge is 2.40. The van der Waals surface area contributed by atoms with Crippen LogP contribution in [0.2, 0.25) is 0 Å². The van der Waals surface area contributed by atoms with Crippen molar-refractivity contribution in [3.05, 3.63) is 46.0 Å². The van der Waals surface area contributed by atoms with E-state index in [4.69, 9.17) is 0 Å². The summed E-state index contributed by atoms with van der Waals surface area (Å²) in [6, 6.07) is 8.18. The summed E-state index contributed by atoms with van der Waals surface area (Å²) in [4.78, 5) is 9.94. The molecule has 0 saturated carbocycles. The van der Waals surface area contributed by atoms with Gasteiger partial charge in [-0.1, -0.05) is 25.1 Å². The summed E-state index contributed by atoms with van der Waals surface area (Å²) in [5.41, 5.74) is -1.62. The zero-order valence-corrected chi connectivity index (χ0v) is 7.30. The van der Waals surface area contributed by atoms with Crippen LogP contribution in [0.4, 0.5) is 0 Å². The Kier molecular flexibility index (Phi) is 2.63. The van der Waals surface area contributed by atoms with E-state index in [1.165, 1.54) is 0 Å². The number of nitrogens with zero attached hydrogens (tertiary/aromatic N) is 1. The lowest BCUT2D eigenvalue weighted by Gasteiger charge is -2.17. The lowest BCUT2D eigenvalue weighted by atomic mass is 10.0. The maximum atomic E-state index is 10.6. The summed E-state index contributed by atoms with van der Waals surface area (Å²) in [7, 11) is 0. The Morgan fingerprint density at radius 2 is 2.00 bits per heavy atom. The second-order valence-corrected chi connectivity index (χ2v) is 2.79. The van der Waals surface area contributed by atoms with Crippen LogP contribution >= 0.6 is 0 Å². The average Bonchev–Trinajstić information content (AvgIpc) is 2.17. The first-order valence-corrected chi connectivity index (χ1v) is 4.03. The molecule has 4 nitrogen and oxygen atoms in total. The molecular weight excluding hydrogens is 170 g/mol. The molecule has 0 aliphatic heterocycles. The predicted octanol–water partition coefficient (Wildman–Crippen LogP) is 1.52. The standard InChI is InChI=1S/C9H11NO3/c1-2-9(11,10(12)13)8-6-4-3-5-7-8/h3-7,11H,2H2,1H3. The molecule has 1 N–H and O–H groups in total. The SMILES string of the molecule is CCC(O)(c1ccccc1)[N+](=O)[O-]. The second kappa shape index (κ2) is 3.53. The van der Waals surface area contributed by atoms with Gasteiger partial charge in [0, 0.05) is 6.42 Å². The van der Waals surface area contributed by atoms with Gasteiger partial charge in [0.15, 0.2) is 0 Å². The largest absolute Gasteiger partial charge is 0.348 e. The predicted molar refractivity (Wildman–Crippen MR) is 47.6 cm³/mol. The van der Waals surface area contributed by atoms with Crippen molar-refractivity contribution in [1.29, 1.82) is 0 Å². The highest BCUT2D eigenvalue weighted by atomic mass is 16.7. The molecule has 0 saturated heterocycles. The summed E-state index contributed by atoms with van der Waals surface area (Å²) in [5.74, 6) is 0. The monoisotopic (exact) mass is 181 g/mol. The van der Waals surface area contributed by atoms with Gasteiger partial charge in [0.2, 0.25) is 0 Å². The van der Waals surface area contributed by atoms with Crippen molar-refractivity contribution in [2.24, 2.45) is 0 Å². The number of nitro groups is 1. The molecule has 13 heavy (non-hydrogen) atoms. The zero-order valence-electron chi connectivity index (χ0n) is 7.30. The van der Waals surface area contributed by atoms with Crippen molar-refractivity contribution >= 4 is 0 Å². The topological polar surface area (TPSA) is 63.4 Å². The third-order valence-corrected chi connectivity index (χ3v) is 2.03. The molecular formula is C9H11NO3. The number of hydrogen-bond donors (Lipinski definition) is 1. The van der Waals surface area contributed by atoms with E-state index >= 15 is 0 Å². The molecule has 1 aromatic carbocycles. The van der Waals surface area contributed by atoms with Gasteiger partial charge in [-0.3, -0.25) is 10.1 Å². The van der Waals surface area contributed by atoms with Crippen LogP contribution in [0, 0.1) is 10.1 Å². The number of aliphatic hydroxyl groups is 1. The lowest BCUT2D eigenvalue weighted by molar-refractivity contribution is -0.636. The molecule has 1 unspecified atom stereocenters. The first-order valence-electron chi connectivity index (χ1n) is 4.03. The van der Waals surface area contributed by atoms with E-state index in [1.54, 1.807) is 37.3 Å². The summed E-state index contributed by atoms with van der Waals surface area (Å²) >= 11 is 0. The van der Waals surface area contributed by atoms with Gasteiger partial charge in [-0.05, 0) is 12.1 Å². The van der Waals surface area contributed by atoms with E-state index in [9.17, 15) is 15.2 Å². The molecule has 0 aliphatic carbocycles. The molecule has 0 aromatic heterocycles. The quantitative estimate of drug-likeness (QED) is 0.437. The van der Waals surface area contributed by atoms with Gasteiger partial charge in [0.25, 0.3) is 0 Å². The Hall–Kier alpha value is -1.42. The molecule has 0 bridgehead atoms. The highest BCUT2D eigenvalue weighted by molar-refractivity contribution is 5.19. The summed E-state index contributed by atoms with van der Waals surface area (Å²) < 4.78 is 0. The van der Waals surface area contributed by atoms with Crippen molar-refractivity contribution in [2.75, 3.05) is 0 Å². The Labute approximate surface area is 76.0 Å². The van der Waals surface area contributed by atoms with E-state index in [2.05, 4.69) is 0 Å². The highest BCUT2D eigenvalue weighted by Crippen LogP contribution is 2.24. The van der Waals surface area contributed by atoms with Crippen molar-refractivity contribution in [2.45, 2.75) is 19.1 Å². The van der Waals surface area contributed by atoms with Gasteiger partial charge in [-0.25, -0.2) is 0 Å². The fourth-order valence-corrected chi connectivity index (χ4v) is 1.14. The number of benzene rings is 1. The smallest absolute Gasteiger partial charge is 0.327 e. The molecule has 1 atom stereocenters. The van der Waals surface area contributed by atoms with Crippen LogP contribution in [0.3, 0.4) is 0 Å². The Morgan fingerprint density at radius 1 is 1.46 bits per heavy atom. The normalized spacial score (nSPS) is 14.9. The minimum atomic E-state index is -1.94. The molecule has 0 amide bonds. The van der Waals surface area contributed by atoms with Gasteiger partial charge in [0.05, 0.1) is 10.5 Å². The van der Waals surface area contributed by atoms with E-state index in [1.807, 2.05) is 0 Å². The fourth-order valence-electron chi connectivity index (χ4n) is 1.14. The molecule has 0 radical (unpaired) electrons. The second-order valence-electron chi connectivity index (χ2n) is 2.79. The van der Waals surface area contributed by atoms with Crippen molar-refractivity contribution in [3.63, 3.8) is 0 Å². The first kappa shape index (κ1) is 9.67. The van der Waals surface area contributed by atoms with Crippen LogP contribution < -0.4 is 0 Å². The minimum absolute atomic E-state index is 0.0595. The van der Waals surface area contributed by atoms with E-state index < -0.39 is 10.6 Å². The van der Waals surface area contributed by atoms with Gasteiger partial charge in [0.1, 0.15) is 0 Å². The molecule has 1 aromatic rings. The molecule has 0 fully saturated rings. The van der Waals surface area contributed by atoms with Gasteiger partial charge >= 0.3 is 5.72 Å². The van der Waals surface area contributed by atoms with E-state index in [-0.39, 0.29) is 6.42 Å². The van der Waals surface area contributed by atoms with Crippen molar-refractivity contribution in [3.8, 4) is 0 Å². The third kappa shape index (κ3) is 1.67. The molecule has 1 rings (SSSR count). The Balaban J connectivity index is 3.11.